The van der Waals surface area contributed by atoms with Gasteiger partial charge in [-0.05, 0) is 59.5 Å². The second-order valence-electron chi connectivity index (χ2n) is 9.94. The summed E-state index contributed by atoms with van der Waals surface area (Å²) in [6, 6.07) is 1.20. The van der Waals surface area contributed by atoms with Crippen LogP contribution in [0.3, 0.4) is 0 Å². The number of amides is 1. The number of aromatic nitrogens is 3. The van der Waals surface area contributed by atoms with Crippen molar-refractivity contribution in [2.24, 2.45) is 10.9 Å². The summed E-state index contributed by atoms with van der Waals surface area (Å²) in [4.78, 5) is 36.2. The molecule has 2 unspecified atom stereocenters. The first-order chi connectivity index (χ1) is 16.3. The molecule has 0 saturated carbocycles. The number of hydrogen-bond donors (Lipinski definition) is 1. The summed E-state index contributed by atoms with van der Waals surface area (Å²) in [5.41, 5.74) is 8.73. The Hall–Kier alpha value is -2.59. The number of nitrogens with zero attached hydrogens (tertiary/aromatic N) is 7. The molecule has 2 aromatic rings. The van der Waals surface area contributed by atoms with E-state index in [-0.39, 0.29) is 24.0 Å². The fourth-order valence-corrected chi connectivity index (χ4v) is 5.18. The minimum absolute atomic E-state index is 0.0967. The topological polar surface area (TPSA) is 112 Å². The summed E-state index contributed by atoms with van der Waals surface area (Å²) in [5, 5.41) is 8.04. The molecule has 0 spiro atoms. The summed E-state index contributed by atoms with van der Waals surface area (Å²) in [6.45, 7) is 9.31. The Morgan fingerprint density at radius 2 is 2.12 bits per heavy atom. The molecular weight excluding hydrogens is 432 g/mol. The first-order valence-corrected chi connectivity index (χ1v) is 12.5. The molecule has 10 heteroatoms. The van der Waals surface area contributed by atoms with Crippen LogP contribution < -0.4 is 10.6 Å². The first-order valence-electron chi connectivity index (χ1n) is 12.5. The standard InChI is InChI=1S/C24H38N8O2/c1-5-29(4)17(3)12-20(28-34)24(33)31-10-7-6-8-21(31)19-13-22-26-23(16(2)14-32(22)27-19)30-11-9-18(25)15-30/h13-14,17-18,20-21H,5-12,15,25H2,1-4H3/t17?,18-,20?,21-/m0/s1. The number of nitrogens with two attached hydrogens (primary N) is 1. The Labute approximate surface area is 201 Å². The predicted octanol–water partition coefficient (Wildman–Crippen LogP) is 2.49. The Balaban J connectivity index is 1.58. The number of anilines is 1. The number of rotatable bonds is 8. The molecule has 2 saturated heterocycles. The molecule has 0 aromatic carbocycles. The first kappa shape index (κ1) is 24.5. The number of fused-ring (bicyclic) bond motifs is 1. The largest absolute Gasteiger partial charge is 0.355 e. The van der Waals surface area contributed by atoms with Crippen LogP contribution in [0.25, 0.3) is 5.65 Å². The lowest BCUT2D eigenvalue weighted by atomic mass is 9.97. The lowest BCUT2D eigenvalue weighted by Crippen LogP contribution is -2.45. The minimum atomic E-state index is -0.882. The SMILES string of the molecule is CCN(C)C(C)CC(N=O)C(=O)N1CCCC[C@H]1c1cc2nc(N3CC[C@H](N)C3)c(C)cn2n1. The fraction of sp³-hybridized carbons (Fsp3) is 0.708. The summed E-state index contributed by atoms with van der Waals surface area (Å²) in [5.74, 6) is 0.756. The predicted molar refractivity (Wildman–Crippen MR) is 133 cm³/mol. The molecule has 4 atom stereocenters. The average Bonchev–Trinajstić information content (AvgIpc) is 3.46. The van der Waals surface area contributed by atoms with Crippen LogP contribution in [0.5, 0.6) is 0 Å². The molecule has 34 heavy (non-hydrogen) atoms. The van der Waals surface area contributed by atoms with Crippen molar-refractivity contribution in [2.75, 3.05) is 38.1 Å². The number of nitroso groups, excluding NO2 is 1. The van der Waals surface area contributed by atoms with E-state index >= 15 is 0 Å². The second-order valence-corrected chi connectivity index (χ2v) is 9.94. The highest BCUT2D eigenvalue weighted by Crippen LogP contribution is 2.33. The summed E-state index contributed by atoms with van der Waals surface area (Å²) in [6.07, 6.45) is 6.14. The van der Waals surface area contributed by atoms with Crippen molar-refractivity contribution in [3.63, 3.8) is 0 Å². The van der Waals surface area contributed by atoms with Crippen molar-refractivity contribution in [1.82, 2.24) is 24.4 Å². The van der Waals surface area contributed by atoms with E-state index in [0.29, 0.717) is 13.0 Å². The summed E-state index contributed by atoms with van der Waals surface area (Å²) in [7, 11) is 2.00. The van der Waals surface area contributed by atoms with Crippen LogP contribution in [0.4, 0.5) is 5.82 Å². The number of aryl methyl sites for hydroxylation is 1. The van der Waals surface area contributed by atoms with Crippen molar-refractivity contribution in [2.45, 2.75) is 77.0 Å². The van der Waals surface area contributed by atoms with Crippen LogP contribution in [0.1, 0.15) is 63.3 Å². The van der Waals surface area contributed by atoms with E-state index < -0.39 is 6.04 Å². The molecule has 2 fully saturated rings. The highest BCUT2D eigenvalue weighted by atomic mass is 16.3. The minimum Gasteiger partial charge on any atom is -0.355 e. The monoisotopic (exact) mass is 470 g/mol. The Kier molecular flexibility index (Phi) is 7.47. The Morgan fingerprint density at radius 1 is 1.32 bits per heavy atom. The highest BCUT2D eigenvalue weighted by Gasteiger charge is 2.35. The molecule has 4 rings (SSSR count). The van der Waals surface area contributed by atoms with Crippen molar-refractivity contribution in [1.29, 1.82) is 0 Å². The van der Waals surface area contributed by atoms with Gasteiger partial charge < -0.3 is 20.4 Å². The van der Waals surface area contributed by atoms with Gasteiger partial charge in [-0.15, -0.1) is 4.91 Å². The zero-order valence-corrected chi connectivity index (χ0v) is 20.9. The van der Waals surface area contributed by atoms with Crippen LogP contribution in [0, 0.1) is 11.8 Å². The van der Waals surface area contributed by atoms with E-state index in [9.17, 15) is 9.70 Å². The van der Waals surface area contributed by atoms with Gasteiger partial charge in [0, 0.05) is 49.5 Å². The van der Waals surface area contributed by atoms with E-state index in [0.717, 1.165) is 68.0 Å². The van der Waals surface area contributed by atoms with Gasteiger partial charge in [0.15, 0.2) is 11.7 Å². The maximum atomic E-state index is 13.4. The van der Waals surface area contributed by atoms with Crippen molar-refractivity contribution in [3.05, 3.63) is 28.4 Å². The van der Waals surface area contributed by atoms with Gasteiger partial charge >= 0.3 is 0 Å². The van der Waals surface area contributed by atoms with Gasteiger partial charge in [-0.2, -0.15) is 5.10 Å². The number of carbonyl (C=O) groups is 1. The van der Waals surface area contributed by atoms with E-state index in [1.165, 1.54) is 0 Å². The molecule has 2 aliphatic rings. The molecule has 0 aliphatic carbocycles. The number of likely N-dealkylation sites (tertiary alicyclic amines) is 1. The zero-order chi connectivity index (χ0) is 24.4. The number of carbonyl (C=O) groups excluding carboxylic acids is 1. The fourth-order valence-electron chi connectivity index (χ4n) is 5.18. The van der Waals surface area contributed by atoms with E-state index in [1.807, 2.05) is 38.1 Å². The average molecular weight is 471 g/mol. The maximum Gasteiger partial charge on any atom is 0.251 e. The van der Waals surface area contributed by atoms with E-state index in [1.54, 1.807) is 4.52 Å². The Morgan fingerprint density at radius 3 is 2.79 bits per heavy atom. The molecule has 10 nitrogen and oxygen atoms in total. The smallest absolute Gasteiger partial charge is 0.251 e. The van der Waals surface area contributed by atoms with Gasteiger partial charge in [0.05, 0.1) is 11.7 Å². The molecule has 2 N–H and O–H groups in total. The summed E-state index contributed by atoms with van der Waals surface area (Å²) >= 11 is 0. The zero-order valence-electron chi connectivity index (χ0n) is 20.9. The molecule has 4 heterocycles. The van der Waals surface area contributed by atoms with Crippen LogP contribution in [0.2, 0.25) is 0 Å². The maximum absolute atomic E-state index is 13.4. The lowest BCUT2D eigenvalue weighted by molar-refractivity contribution is -0.137. The number of hydrogen-bond acceptors (Lipinski definition) is 8. The van der Waals surface area contributed by atoms with Crippen molar-refractivity contribution < 1.29 is 4.79 Å². The molecule has 0 radical (unpaired) electrons. The van der Waals surface area contributed by atoms with Gasteiger partial charge in [-0.3, -0.25) is 4.79 Å². The van der Waals surface area contributed by atoms with Gasteiger partial charge in [0.1, 0.15) is 5.82 Å². The molecule has 1 amide bonds. The van der Waals surface area contributed by atoms with Crippen LogP contribution in [-0.4, -0.2) is 81.7 Å². The quantitative estimate of drug-likeness (QED) is 0.590. The third-order valence-corrected chi connectivity index (χ3v) is 7.50. The molecule has 2 aromatic heterocycles. The van der Waals surface area contributed by atoms with Crippen LogP contribution in [-0.2, 0) is 4.79 Å². The van der Waals surface area contributed by atoms with Crippen LogP contribution in [0.15, 0.2) is 17.4 Å². The van der Waals surface area contributed by atoms with E-state index in [2.05, 4.69) is 21.9 Å². The lowest BCUT2D eigenvalue weighted by Gasteiger charge is -2.36. The summed E-state index contributed by atoms with van der Waals surface area (Å²) < 4.78 is 1.80. The molecular formula is C24H38N8O2. The van der Waals surface area contributed by atoms with Gasteiger partial charge in [-0.25, -0.2) is 9.50 Å². The molecule has 2 aliphatic heterocycles. The normalized spacial score (nSPS) is 23.0. The van der Waals surface area contributed by atoms with Gasteiger partial charge in [0.25, 0.3) is 5.91 Å². The van der Waals surface area contributed by atoms with Gasteiger partial charge in [0.2, 0.25) is 0 Å². The number of piperidine rings is 1. The third-order valence-electron chi connectivity index (χ3n) is 7.50. The third kappa shape index (κ3) is 4.93. The van der Waals surface area contributed by atoms with Crippen molar-refractivity contribution >= 4 is 17.4 Å². The highest BCUT2D eigenvalue weighted by molar-refractivity contribution is 5.82. The van der Waals surface area contributed by atoms with Crippen LogP contribution >= 0.6 is 0 Å². The second kappa shape index (κ2) is 10.4. The molecule has 186 valence electrons. The van der Waals surface area contributed by atoms with Crippen molar-refractivity contribution in [3.8, 4) is 0 Å². The Bertz CT molecular complexity index is 1020. The van der Waals surface area contributed by atoms with E-state index in [4.69, 9.17) is 15.8 Å². The molecule has 0 bridgehead atoms. The van der Waals surface area contributed by atoms with Gasteiger partial charge in [-0.1, -0.05) is 12.1 Å².